The number of nitriles is 1. The van der Waals surface area contributed by atoms with E-state index >= 15 is 0 Å². The summed E-state index contributed by atoms with van der Waals surface area (Å²) in [4.78, 5) is 36.4. The molecule has 0 fully saturated rings. The van der Waals surface area contributed by atoms with Gasteiger partial charge in [0, 0.05) is 61.0 Å². The highest BCUT2D eigenvalue weighted by Crippen LogP contribution is 2.24. The van der Waals surface area contributed by atoms with Crippen molar-refractivity contribution in [2.24, 2.45) is 0 Å². The van der Waals surface area contributed by atoms with Crippen LogP contribution in [-0.4, -0.2) is 50.1 Å². The maximum Gasteiger partial charge on any atom is 0.337 e. The Balaban J connectivity index is 0.000000150. The second-order valence-electron chi connectivity index (χ2n) is 10.6. The summed E-state index contributed by atoms with van der Waals surface area (Å²) in [5, 5.41) is 23.0. The molecule has 2 aromatic carbocycles. The van der Waals surface area contributed by atoms with Crippen LogP contribution >= 0.6 is 23.2 Å². The fraction of sp³-hybridized carbons (Fsp3) is 0.0588. The first kappa shape index (κ1) is 29.7. The van der Waals surface area contributed by atoms with Crippen LogP contribution in [0.2, 0.25) is 10.0 Å². The van der Waals surface area contributed by atoms with E-state index in [1.54, 1.807) is 35.6 Å². The third-order valence-corrected chi connectivity index (χ3v) is 7.97. The van der Waals surface area contributed by atoms with Gasteiger partial charge in [-0.05, 0) is 47.5 Å². The molecule has 228 valence electrons. The molecule has 0 spiro atoms. The van der Waals surface area contributed by atoms with Crippen molar-refractivity contribution in [1.82, 2.24) is 39.0 Å². The van der Waals surface area contributed by atoms with E-state index in [9.17, 15) is 15.2 Å². The first-order valence-electron chi connectivity index (χ1n) is 14.2. The average Bonchev–Trinajstić information content (AvgIpc) is 3.63. The zero-order chi connectivity index (χ0) is 32.5. The molecule has 0 unspecified atom stereocenters. The fourth-order valence-electron chi connectivity index (χ4n) is 5.46. The number of aromatic carboxylic acids is 1. The molecule has 8 rings (SSSR count). The van der Waals surface area contributed by atoms with Crippen molar-refractivity contribution in [3.63, 3.8) is 0 Å². The Morgan fingerprint density at radius 3 is 1.81 bits per heavy atom. The minimum absolute atomic E-state index is 0.191. The van der Waals surface area contributed by atoms with Gasteiger partial charge in [-0.2, -0.15) is 5.26 Å². The third-order valence-electron chi connectivity index (χ3n) is 7.56. The lowest BCUT2D eigenvalue weighted by Gasteiger charge is -2.06. The lowest BCUT2D eigenvalue weighted by Crippen LogP contribution is -2.00. The molecule has 0 saturated carbocycles. The zero-order valence-electron chi connectivity index (χ0n) is 24.3. The van der Waals surface area contributed by atoms with Crippen LogP contribution in [0.25, 0.3) is 43.9 Å². The predicted molar refractivity (Wildman–Crippen MR) is 178 cm³/mol. The van der Waals surface area contributed by atoms with E-state index in [1.807, 2.05) is 53.1 Å². The highest BCUT2D eigenvalue weighted by atomic mass is 35.5. The molecule has 0 aliphatic rings. The Morgan fingerprint density at radius 1 is 0.723 bits per heavy atom. The van der Waals surface area contributed by atoms with Crippen LogP contribution in [0, 0.1) is 11.3 Å². The third kappa shape index (κ3) is 6.03. The van der Waals surface area contributed by atoms with Crippen molar-refractivity contribution in [3.8, 4) is 6.07 Å². The first-order valence-corrected chi connectivity index (χ1v) is 14.9. The van der Waals surface area contributed by atoms with Crippen LogP contribution in [0.3, 0.4) is 0 Å². The molecule has 1 N–H and O–H groups in total. The quantitative estimate of drug-likeness (QED) is 0.208. The molecule has 13 heteroatoms. The Morgan fingerprint density at radius 2 is 1.26 bits per heavy atom. The fourth-order valence-corrected chi connectivity index (χ4v) is 5.79. The molecule has 8 aromatic rings. The van der Waals surface area contributed by atoms with Gasteiger partial charge in [0.2, 0.25) is 0 Å². The number of carbonyl (C=O) groups is 1. The number of aromatic nitrogens is 8. The summed E-state index contributed by atoms with van der Waals surface area (Å²) in [5.41, 5.74) is 5.94. The SMILES string of the molecule is N#Cc1cn(Cc2ccc3ncc(Cl)cc3c2)c2ncncc12.O=C(O)c1cn(Cc2ccc3ncc(Cl)cc3c2)c2ncncc12. The molecular weight excluding hydrogens is 637 g/mol. The average molecular weight is 659 g/mol. The van der Waals surface area contributed by atoms with Crippen molar-refractivity contribution in [2.75, 3.05) is 0 Å². The summed E-state index contributed by atoms with van der Waals surface area (Å²) < 4.78 is 3.76. The smallest absolute Gasteiger partial charge is 0.337 e. The summed E-state index contributed by atoms with van der Waals surface area (Å²) in [6.07, 6.45) is 12.7. The van der Waals surface area contributed by atoms with E-state index in [0.717, 1.165) is 44.0 Å². The second-order valence-corrected chi connectivity index (χ2v) is 11.5. The van der Waals surface area contributed by atoms with E-state index in [4.69, 9.17) is 23.2 Å². The van der Waals surface area contributed by atoms with Gasteiger partial charge in [0.15, 0.2) is 0 Å². The number of fused-ring (bicyclic) bond motifs is 4. The Labute approximate surface area is 276 Å². The number of nitrogens with zero attached hydrogens (tertiary/aromatic N) is 9. The molecule has 0 bridgehead atoms. The highest BCUT2D eigenvalue weighted by Gasteiger charge is 2.16. The van der Waals surface area contributed by atoms with Crippen molar-refractivity contribution >= 4 is 73.0 Å². The maximum atomic E-state index is 11.4. The van der Waals surface area contributed by atoms with Crippen LogP contribution in [0.4, 0.5) is 0 Å². The van der Waals surface area contributed by atoms with E-state index in [2.05, 4.69) is 36.0 Å². The molecule has 11 nitrogen and oxygen atoms in total. The molecule has 0 amide bonds. The van der Waals surface area contributed by atoms with Crippen molar-refractivity contribution in [1.29, 1.82) is 5.26 Å². The summed E-state index contributed by atoms with van der Waals surface area (Å²) in [5.74, 6) is -0.997. The number of rotatable bonds is 5. The molecular formula is C34H21Cl2N9O2. The van der Waals surface area contributed by atoms with Crippen LogP contribution in [0.15, 0.2) is 98.4 Å². The topological polar surface area (TPSA) is 148 Å². The number of hydrogen-bond donors (Lipinski definition) is 1. The van der Waals surface area contributed by atoms with Gasteiger partial charge in [-0.1, -0.05) is 35.3 Å². The minimum Gasteiger partial charge on any atom is -0.478 e. The monoisotopic (exact) mass is 657 g/mol. The van der Waals surface area contributed by atoms with Crippen LogP contribution in [0.1, 0.15) is 27.0 Å². The number of carboxylic acids is 1. The summed E-state index contributed by atoms with van der Waals surface area (Å²) >= 11 is 12.0. The van der Waals surface area contributed by atoms with Crippen LogP contribution in [-0.2, 0) is 13.1 Å². The van der Waals surface area contributed by atoms with E-state index in [0.29, 0.717) is 39.7 Å². The normalized spacial score (nSPS) is 11.1. The Kier molecular flexibility index (Phi) is 7.87. The van der Waals surface area contributed by atoms with E-state index in [1.165, 1.54) is 18.9 Å². The van der Waals surface area contributed by atoms with Crippen molar-refractivity contribution in [3.05, 3.63) is 131 Å². The molecule has 6 aromatic heterocycles. The molecule has 6 heterocycles. The zero-order valence-corrected chi connectivity index (χ0v) is 25.8. The number of benzene rings is 2. The van der Waals surface area contributed by atoms with Crippen molar-refractivity contribution < 1.29 is 9.90 Å². The number of halogens is 2. The van der Waals surface area contributed by atoms with Gasteiger partial charge in [0.05, 0.1) is 43.0 Å². The lowest BCUT2D eigenvalue weighted by atomic mass is 10.1. The summed E-state index contributed by atoms with van der Waals surface area (Å²) in [6, 6.07) is 17.8. The Hall–Kier alpha value is -5.96. The highest BCUT2D eigenvalue weighted by molar-refractivity contribution is 6.31. The van der Waals surface area contributed by atoms with Gasteiger partial charge >= 0.3 is 5.97 Å². The van der Waals surface area contributed by atoms with Crippen molar-refractivity contribution in [2.45, 2.75) is 13.1 Å². The summed E-state index contributed by atoms with van der Waals surface area (Å²) in [7, 11) is 0. The molecule has 47 heavy (non-hydrogen) atoms. The maximum absolute atomic E-state index is 11.4. The molecule has 0 aliphatic carbocycles. The van der Waals surface area contributed by atoms with Gasteiger partial charge in [-0.3, -0.25) is 9.97 Å². The largest absolute Gasteiger partial charge is 0.478 e. The van der Waals surface area contributed by atoms with Gasteiger partial charge in [0.1, 0.15) is 30.0 Å². The molecule has 0 atom stereocenters. The number of carboxylic acid groups (broad SMARTS) is 1. The van der Waals surface area contributed by atoms with E-state index < -0.39 is 5.97 Å². The first-order chi connectivity index (χ1) is 22.9. The molecule has 0 radical (unpaired) electrons. The second kappa shape index (κ2) is 12.4. The van der Waals surface area contributed by atoms with Gasteiger partial charge in [-0.25, -0.2) is 24.7 Å². The van der Waals surface area contributed by atoms with Gasteiger partial charge < -0.3 is 14.2 Å². The summed E-state index contributed by atoms with van der Waals surface area (Å²) in [6.45, 7) is 1.10. The van der Waals surface area contributed by atoms with Crippen LogP contribution < -0.4 is 0 Å². The lowest BCUT2D eigenvalue weighted by molar-refractivity contribution is 0.0698. The molecule has 0 aliphatic heterocycles. The van der Waals surface area contributed by atoms with Gasteiger partial charge in [-0.15, -0.1) is 0 Å². The standard InChI is InChI=1S/C17H10ClN5.C17H11ClN4O2/c18-14-4-12-3-11(1-2-16(12)21-6-14)8-23-9-13(5-19)15-7-20-10-22-17(15)23;18-12-4-11-3-10(1-2-15(11)20-5-12)7-22-8-14(17(23)24)13-6-19-9-21-16(13)22/h1-4,6-7,9-10H,8H2;1-6,8-9H,7H2,(H,23,24). The van der Waals surface area contributed by atoms with E-state index in [-0.39, 0.29) is 5.56 Å². The van der Waals surface area contributed by atoms with Gasteiger partial charge in [0.25, 0.3) is 0 Å². The molecule has 0 saturated heterocycles. The minimum atomic E-state index is -0.997. The number of hydrogen-bond acceptors (Lipinski definition) is 8. The predicted octanol–water partition coefficient (Wildman–Crippen LogP) is 6.93. The Bertz CT molecular complexity index is 2520. The van der Waals surface area contributed by atoms with Crippen LogP contribution in [0.5, 0.6) is 0 Å². The number of pyridine rings is 2.